The van der Waals surface area contributed by atoms with Gasteiger partial charge in [0.25, 0.3) is 0 Å². The maximum atomic E-state index is 5.69. The minimum Gasteiger partial charge on any atom is -0.493 e. The minimum atomic E-state index is 0.547. The molecular formula is C13H16N2O2S. The van der Waals surface area contributed by atoms with Crippen LogP contribution in [0.25, 0.3) is 0 Å². The van der Waals surface area contributed by atoms with E-state index in [2.05, 4.69) is 4.98 Å². The summed E-state index contributed by atoms with van der Waals surface area (Å²) in [6.45, 7) is 1.13. The van der Waals surface area contributed by atoms with Crippen LogP contribution in [0.3, 0.4) is 0 Å². The lowest BCUT2D eigenvalue weighted by Crippen LogP contribution is -2.02. The predicted octanol–water partition coefficient (Wildman–Crippen LogP) is 2.23. The first-order chi connectivity index (χ1) is 8.83. The Balaban J connectivity index is 1.88. The topological polar surface area (TPSA) is 57.4 Å². The van der Waals surface area contributed by atoms with Gasteiger partial charge in [0.05, 0.1) is 18.7 Å². The summed E-state index contributed by atoms with van der Waals surface area (Å²) >= 11 is 1.63. The maximum Gasteiger partial charge on any atom is 0.161 e. The molecule has 4 nitrogen and oxygen atoms in total. The molecular weight excluding hydrogens is 248 g/mol. The molecule has 0 aliphatic carbocycles. The van der Waals surface area contributed by atoms with Gasteiger partial charge in [-0.1, -0.05) is 12.1 Å². The largest absolute Gasteiger partial charge is 0.493 e. The fourth-order valence-corrected chi connectivity index (χ4v) is 2.33. The van der Waals surface area contributed by atoms with Crippen LogP contribution in [0.5, 0.6) is 11.5 Å². The molecule has 1 heterocycles. The highest BCUT2D eigenvalue weighted by Gasteiger charge is 2.04. The molecule has 1 aromatic carbocycles. The fraction of sp³-hybridized carbons (Fsp3) is 0.308. The van der Waals surface area contributed by atoms with E-state index in [1.807, 2.05) is 30.5 Å². The van der Waals surface area contributed by atoms with E-state index in [9.17, 15) is 0 Å². The molecule has 0 aliphatic rings. The standard InChI is InChI=1S/C13H16N2O2S/c1-16-11-4-2-3-5-12(11)17-7-6-13-15-9-10(8-14)18-13/h2-5,9H,6-8,14H2,1H3. The first kappa shape index (κ1) is 12.9. The summed E-state index contributed by atoms with van der Waals surface area (Å²) < 4.78 is 10.9. The predicted molar refractivity (Wildman–Crippen MR) is 72.2 cm³/mol. The van der Waals surface area contributed by atoms with Crippen molar-refractivity contribution in [3.63, 3.8) is 0 Å². The highest BCUT2D eigenvalue weighted by atomic mass is 32.1. The average Bonchev–Trinajstić information content (AvgIpc) is 2.87. The van der Waals surface area contributed by atoms with Gasteiger partial charge in [0.1, 0.15) is 0 Å². The van der Waals surface area contributed by atoms with E-state index in [-0.39, 0.29) is 0 Å². The smallest absolute Gasteiger partial charge is 0.161 e. The number of benzene rings is 1. The van der Waals surface area contributed by atoms with Crippen molar-refractivity contribution in [2.24, 2.45) is 5.73 Å². The highest BCUT2D eigenvalue weighted by molar-refractivity contribution is 7.11. The number of thiazole rings is 1. The number of nitrogens with zero attached hydrogens (tertiary/aromatic N) is 1. The molecule has 5 heteroatoms. The number of hydrogen-bond donors (Lipinski definition) is 1. The molecule has 0 bridgehead atoms. The summed E-state index contributed by atoms with van der Waals surface area (Å²) in [4.78, 5) is 5.39. The third kappa shape index (κ3) is 3.21. The van der Waals surface area contributed by atoms with Crippen molar-refractivity contribution in [3.8, 4) is 11.5 Å². The van der Waals surface area contributed by atoms with Crippen LogP contribution in [0.1, 0.15) is 9.88 Å². The lowest BCUT2D eigenvalue weighted by Gasteiger charge is -2.09. The number of para-hydroxylation sites is 2. The first-order valence-electron chi connectivity index (χ1n) is 5.73. The zero-order chi connectivity index (χ0) is 12.8. The molecule has 0 aliphatic heterocycles. The highest BCUT2D eigenvalue weighted by Crippen LogP contribution is 2.25. The number of nitrogens with two attached hydrogens (primary N) is 1. The molecule has 0 saturated heterocycles. The van der Waals surface area contributed by atoms with Crippen molar-refractivity contribution in [2.75, 3.05) is 13.7 Å². The quantitative estimate of drug-likeness (QED) is 0.869. The summed E-state index contributed by atoms with van der Waals surface area (Å²) in [5.74, 6) is 1.51. The van der Waals surface area contributed by atoms with Gasteiger partial charge in [0, 0.05) is 24.0 Å². The molecule has 0 fully saturated rings. The fourth-order valence-electron chi connectivity index (χ4n) is 1.54. The van der Waals surface area contributed by atoms with E-state index in [1.165, 1.54) is 0 Å². The van der Waals surface area contributed by atoms with E-state index < -0.39 is 0 Å². The third-order valence-electron chi connectivity index (χ3n) is 2.45. The molecule has 0 radical (unpaired) electrons. The molecule has 1 aromatic heterocycles. The van der Waals surface area contributed by atoms with Gasteiger partial charge in [-0.05, 0) is 12.1 Å². The van der Waals surface area contributed by atoms with Gasteiger partial charge < -0.3 is 15.2 Å². The first-order valence-corrected chi connectivity index (χ1v) is 6.54. The minimum absolute atomic E-state index is 0.547. The SMILES string of the molecule is COc1ccccc1OCCc1ncc(CN)s1. The molecule has 0 spiro atoms. The Morgan fingerprint density at radius 2 is 2.06 bits per heavy atom. The van der Waals surface area contributed by atoms with Crippen LogP contribution in [-0.4, -0.2) is 18.7 Å². The van der Waals surface area contributed by atoms with Crippen LogP contribution in [0.15, 0.2) is 30.5 Å². The van der Waals surface area contributed by atoms with Gasteiger partial charge in [-0.25, -0.2) is 4.98 Å². The third-order valence-corrected chi connectivity index (χ3v) is 3.52. The molecule has 18 heavy (non-hydrogen) atoms. The zero-order valence-electron chi connectivity index (χ0n) is 10.3. The number of methoxy groups -OCH3 is 1. The molecule has 96 valence electrons. The average molecular weight is 264 g/mol. The summed E-state index contributed by atoms with van der Waals surface area (Å²) in [7, 11) is 1.64. The van der Waals surface area contributed by atoms with Crippen molar-refractivity contribution in [1.82, 2.24) is 4.98 Å². The Hall–Kier alpha value is -1.59. The van der Waals surface area contributed by atoms with Crippen LogP contribution in [0.4, 0.5) is 0 Å². The van der Waals surface area contributed by atoms with Gasteiger partial charge >= 0.3 is 0 Å². The van der Waals surface area contributed by atoms with Crippen LogP contribution in [0.2, 0.25) is 0 Å². The summed E-state index contributed by atoms with van der Waals surface area (Å²) in [5.41, 5.74) is 5.54. The van der Waals surface area contributed by atoms with Crippen molar-refractivity contribution in [2.45, 2.75) is 13.0 Å². The van der Waals surface area contributed by atoms with Gasteiger partial charge in [0.2, 0.25) is 0 Å². The van der Waals surface area contributed by atoms with E-state index in [0.29, 0.717) is 13.2 Å². The molecule has 0 unspecified atom stereocenters. The molecule has 0 saturated carbocycles. The van der Waals surface area contributed by atoms with Gasteiger partial charge in [-0.3, -0.25) is 0 Å². The number of rotatable bonds is 6. The second-order valence-corrected chi connectivity index (χ2v) is 4.87. The van der Waals surface area contributed by atoms with Gasteiger partial charge in [0.15, 0.2) is 11.5 Å². The number of ether oxygens (including phenoxy) is 2. The molecule has 0 amide bonds. The Morgan fingerprint density at radius 1 is 1.28 bits per heavy atom. The van der Waals surface area contributed by atoms with Crippen LogP contribution in [0, 0.1) is 0 Å². The molecule has 2 N–H and O–H groups in total. The van der Waals surface area contributed by atoms with Gasteiger partial charge in [-0.2, -0.15) is 0 Å². The lowest BCUT2D eigenvalue weighted by molar-refractivity contribution is 0.297. The summed E-state index contributed by atoms with van der Waals surface area (Å²) in [6.07, 6.45) is 2.60. The van der Waals surface area contributed by atoms with Crippen molar-refractivity contribution in [1.29, 1.82) is 0 Å². The summed E-state index contributed by atoms with van der Waals surface area (Å²) in [5, 5.41) is 1.05. The Bertz CT molecular complexity index is 499. The van der Waals surface area contributed by atoms with Crippen molar-refractivity contribution < 1.29 is 9.47 Å². The number of hydrogen-bond acceptors (Lipinski definition) is 5. The molecule has 0 atom stereocenters. The lowest BCUT2D eigenvalue weighted by atomic mass is 10.3. The number of aromatic nitrogens is 1. The second-order valence-electron chi connectivity index (χ2n) is 3.67. The van der Waals surface area contributed by atoms with E-state index in [1.54, 1.807) is 18.4 Å². The molecule has 2 aromatic rings. The summed E-state index contributed by atoms with van der Waals surface area (Å²) in [6, 6.07) is 7.62. The van der Waals surface area contributed by atoms with Crippen molar-refractivity contribution >= 4 is 11.3 Å². The Labute approximate surface area is 110 Å². The Morgan fingerprint density at radius 3 is 2.72 bits per heavy atom. The zero-order valence-corrected chi connectivity index (χ0v) is 11.1. The van der Waals surface area contributed by atoms with E-state index >= 15 is 0 Å². The van der Waals surface area contributed by atoms with Crippen LogP contribution < -0.4 is 15.2 Å². The van der Waals surface area contributed by atoms with Crippen molar-refractivity contribution in [3.05, 3.63) is 40.3 Å². The van der Waals surface area contributed by atoms with E-state index in [4.69, 9.17) is 15.2 Å². The maximum absolute atomic E-state index is 5.69. The van der Waals surface area contributed by atoms with Crippen LogP contribution >= 0.6 is 11.3 Å². The van der Waals surface area contributed by atoms with Gasteiger partial charge in [-0.15, -0.1) is 11.3 Å². The Kier molecular flexibility index (Phi) is 4.55. The monoisotopic (exact) mass is 264 g/mol. The van der Waals surface area contributed by atoms with Crippen LogP contribution in [-0.2, 0) is 13.0 Å². The van der Waals surface area contributed by atoms with E-state index in [0.717, 1.165) is 27.8 Å². The second kappa shape index (κ2) is 6.37. The molecule has 2 rings (SSSR count). The normalized spacial score (nSPS) is 10.3.